The molecule has 1 heterocycles. The van der Waals surface area contributed by atoms with Gasteiger partial charge in [-0.2, -0.15) is 0 Å². The van der Waals surface area contributed by atoms with Gasteiger partial charge in [-0.25, -0.2) is 0 Å². The number of hydrogen-bond donors (Lipinski definition) is 2. The van der Waals surface area contributed by atoms with Gasteiger partial charge in [0.1, 0.15) is 0 Å². The number of para-hydroxylation sites is 1. The summed E-state index contributed by atoms with van der Waals surface area (Å²) < 4.78 is 0. The van der Waals surface area contributed by atoms with Gasteiger partial charge in [0.2, 0.25) is 0 Å². The maximum absolute atomic E-state index is 6.14. The van der Waals surface area contributed by atoms with Crippen LogP contribution in [0.2, 0.25) is 0 Å². The number of aromatic nitrogens is 1. The van der Waals surface area contributed by atoms with Gasteiger partial charge in [0.05, 0.1) is 5.52 Å². The molecule has 0 saturated heterocycles. The molecule has 3 aromatic rings. The Kier molecular flexibility index (Phi) is 2.64. The van der Waals surface area contributed by atoms with E-state index in [0.717, 1.165) is 19.3 Å². The van der Waals surface area contributed by atoms with Crippen LogP contribution in [0, 0.1) is 0 Å². The van der Waals surface area contributed by atoms with Crippen molar-refractivity contribution in [2.45, 2.75) is 25.3 Å². The average Bonchev–Trinajstić information content (AvgIpc) is 2.86. The van der Waals surface area contributed by atoms with Gasteiger partial charge in [-0.05, 0) is 30.4 Å². The number of nitrogens with one attached hydrogen (secondary N) is 1. The van der Waals surface area contributed by atoms with Crippen LogP contribution < -0.4 is 5.73 Å². The van der Waals surface area contributed by atoms with Crippen LogP contribution in [-0.4, -0.2) is 11.0 Å². The highest BCUT2D eigenvalue weighted by molar-refractivity contribution is 5.97. The fourth-order valence-electron chi connectivity index (χ4n) is 3.33. The number of H-pyrrole nitrogens is 1. The van der Waals surface area contributed by atoms with Gasteiger partial charge in [-0.15, -0.1) is 0 Å². The zero-order valence-electron chi connectivity index (χ0n) is 11.4. The van der Waals surface area contributed by atoms with E-state index in [9.17, 15) is 0 Å². The zero-order chi connectivity index (χ0) is 13.5. The van der Waals surface area contributed by atoms with E-state index in [1.54, 1.807) is 0 Å². The maximum atomic E-state index is 6.14. The van der Waals surface area contributed by atoms with Crippen LogP contribution in [-0.2, 0) is 12.8 Å². The number of fused-ring (bicyclic) bond motifs is 3. The summed E-state index contributed by atoms with van der Waals surface area (Å²) in [6, 6.07) is 17.4. The third kappa shape index (κ3) is 1.76. The Morgan fingerprint density at radius 1 is 1.00 bits per heavy atom. The molecule has 20 heavy (non-hydrogen) atoms. The van der Waals surface area contributed by atoms with Crippen LogP contribution in [0.25, 0.3) is 22.0 Å². The second kappa shape index (κ2) is 4.50. The Hall–Kier alpha value is -2.06. The van der Waals surface area contributed by atoms with Gasteiger partial charge in [-0.1, -0.05) is 48.5 Å². The Morgan fingerprint density at radius 2 is 1.85 bits per heavy atom. The molecule has 4 rings (SSSR count). The van der Waals surface area contributed by atoms with Gasteiger partial charge in [0.15, 0.2) is 0 Å². The normalized spacial score (nSPS) is 18.1. The molecular formula is C18H18N2. The van der Waals surface area contributed by atoms with Crippen molar-refractivity contribution in [3.63, 3.8) is 0 Å². The second-order valence-electron chi connectivity index (χ2n) is 5.68. The van der Waals surface area contributed by atoms with Crippen molar-refractivity contribution in [1.29, 1.82) is 0 Å². The second-order valence-corrected chi connectivity index (χ2v) is 5.68. The third-order valence-corrected chi connectivity index (χ3v) is 4.35. The Balaban J connectivity index is 1.96. The third-order valence-electron chi connectivity index (χ3n) is 4.35. The topological polar surface area (TPSA) is 41.8 Å². The van der Waals surface area contributed by atoms with E-state index in [0.29, 0.717) is 6.04 Å². The molecule has 0 aliphatic heterocycles. The number of rotatable bonds is 1. The van der Waals surface area contributed by atoms with Gasteiger partial charge in [-0.3, -0.25) is 0 Å². The molecule has 2 aromatic carbocycles. The molecular weight excluding hydrogens is 244 g/mol. The first-order chi connectivity index (χ1) is 9.83. The van der Waals surface area contributed by atoms with Crippen LogP contribution in [0.3, 0.4) is 0 Å². The minimum atomic E-state index is 0.307. The number of nitrogens with two attached hydrogens (primary N) is 1. The van der Waals surface area contributed by atoms with E-state index in [2.05, 4.69) is 53.5 Å². The summed E-state index contributed by atoms with van der Waals surface area (Å²) in [5, 5.41) is 1.34. The van der Waals surface area contributed by atoms with E-state index < -0.39 is 0 Å². The monoisotopic (exact) mass is 262 g/mol. The molecule has 1 unspecified atom stereocenters. The minimum absolute atomic E-state index is 0.307. The largest absolute Gasteiger partial charge is 0.358 e. The maximum Gasteiger partial charge on any atom is 0.0538 e. The smallest absolute Gasteiger partial charge is 0.0538 e. The molecule has 1 aliphatic rings. The molecule has 0 radical (unpaired) electrons. The lowest BCUT2D eigenvalue weighted by atomic mass is 9.91. The summed E-state index contributed by atoms with van der Waals surface area (Å²) in [6.07, 6.45) is 3.15. The van der Waals surface area contributed by atoms with E-state index in [1.807, 2.05) is 0 Å². The van der Waals surface area contributed by atoms with Crippen LogP contribution in [0.4, 0.5) is 0 Å². The number of aromatic amines is 1. The van der Waals surface area contributed by atoms with Crippen molar-refractivity contribution in [1.82, 2.24) is 4.98 Å². The zero-order valence-corrected chi connectivity index (χ0v) is 11.4. The van der Waals surface area contributed by atoms with E-state index in [-0.39, 0.29) is 0 Å². The fourth-order valence-corrected chi connectivity index (χ4v) is 3.33. The van der Waals surface area contributed by atoms with E-state index in [4.69, 9.17) is 5.73 Å². The molecule has 0 bridgehead atoms. The summed E-state index contributed by atoms with van der Waals surface area (Å²) in [5.74, 6) is 0. The van der Waals surface area contributed by atoms with Crippen molar-refractivity contribution in [2.24, 2.45) is 5.73 Å². The lowest BCUT2D eigenvalue weighted by Crippen LogP contribution is -2.27. The van der Waals surface area contributed by atoms with Gasteiger partial charge < -0.3 is 10.7 Å². The molecule has 0 saturated carbocycles. The predicted octanol–water partition coefficient (Wildman–Crippen LogP) is 3.65. The van der Waals surface area contributed by atoms with Crippen molar-refractivity contribution in [3.8, 4) is 11.1 Å². The van der Waals surface area contributed by atoms with Crippen molar-refractivity contribution in [3.05, 3.63) is 59.8 Å². The lowest BCUT2D eigenvalue weighted by Gasteiger charge is -2.17. The van der Waals surface area contributed by atoms with Gasteiger partial charge in [0, 0.05) is 22.7 Å². The van der Waals surface area contributed by atoms with Crippen molar-refractivity contribution < 1.29 is 0 Å². The molecule has 0 spiro atoms. The molecule has 2 heteroatoms. The summed E-state index contributed by atoms with van der Waals surface area (Å²) in [5.41, 5.74) is 12.8. The summed E-state index contributed by atoms with van der Waals surface area (Å²) in [4.78, 5) is 3.65. The van der Waals surface area contributed by atoms with Crippen molar-refractivity contribution >= 4 is 10.9 Å². The molecule has 1 aliphatic carbocycles. The first-order valence-corrected chi connectivity index (χ1v) is 7.26. The Bertz CT molecular complexity index is 756. The molecule has 0 fully saturated rings. The van der Waals surface area contributed by atoms with Gasteiger partial charge >= 0.3 is 0 Å². The molecule has 0 amide bonds. The molecule has 1 aromatic heterocycles. The highest BCUT2D eigenvalue weighted by atomic mass is 14.8. The fraction of sp³-hybridized carbons (Fsp3) is 0.222. The average molecular weight is 262 g/mol. The van der Waals surface area contributed by atoms with E-state index in [1.165, 1.54) is 33.3 Å². The quantitative estimate of drug-likeness (QED) is 0.690. The lowest BCUT2D eigenvalue weighted by molar-refractivity contribution is 0.574. The summed E-state index contributed by atoms with van der Waals surface area (Å²) >= 11 is 0. The number of benzene rings is 2. The van der Waals surface area contributed by atoms with Crippen LogP contribution >= 0.6 is 0 Å². The molecule has 3 N–H and O–H groups in total. The highest BCUT2D eigenvalue weighted by Crippen LogP contribution is 2.34. The predicted molar refractivity (Wildman–Crippen MR) is 83.7 cm³/mol. The number of aryl methyl sites for hydroxylation is 1. The van der Waals surface area contributed by atoms with Crippen LogP contribution in [0.15, 0.2) is 48.5 Å². The molecule has 1 atom stereocenters. The Morgan fingerprint density at radius 3 is 2.70 bits per heavy atom. The van der Waals surface area contributed by atoms with Gasteiger partial charge in [0.25, 0.3) is 0 Å². The molecule has 100 valence electrons. The van der Waals surface area contributed by atoms with Crippen molar-refractivity contribution in [2.75, 3.05) is 0 Å². The minimum Gasteiger partial charge on any atom is -0.358 e. The standard InChI is InChI=1S/C18H18N2/c19-13-9-10-17-16(11-13)15-8-4-7-14(18(15)20-17)12-5-2-1-3-6-12/h1-8,13,20H,9-11,19H2. The number of hydrogen-bond acceptors (Lipinski definition) is 1. The van der Waals surface area contributed by atoms with E-state index >= 15 is 0 Å². The first kappa shape index (κ1) is 11.7. The summed E-state index contributed by atoms with van der Waals surface area (Å²) in [7, 11) is 0. The highest BCUT2D eigenvalue weighted by Gasteiger charge is 2.21. The summed E-state index contributed by atoms with van der Waals surface area (Å²) in [6.45, 7) is 0. The Labute approximate surface area is 118 Å². The SMILES string of the molecule is NC1CCc2[nH]c3c(-c4ccccc4)cccc3c2C1. The first-order valence-electron chi connectivity index (χ1n) is 7.26. The molecule has 2 nitrogen and oxygen atoms in total. The van der Waals surface area contributed by atoms with Crippen LogP contribution in [0.1, 0.15) is 17.7 Å². The van der Waals surface area contributed by atoms with Crippen LogP contribution in [0.5, 0.6) is 0 Å².